The number of nitrogens with zero attached hydrogens (tertiary/aromatic N) is 1. The first-order valence-electron chi connectivity index (χ1n) is 3.49. The fraction of sp³-hybridized carbons (Fsp3) is 0. The van der Waals surface area contributed by atoms with Crippen LogP contribution >= 0.6 is 0 Å². The van der Waals surface area contributed by atoms with E-state index >= 15 is 0 Å². The predicted octanol–water partition coefficient (Wildman–Crippen LogP) is 2.20. The first-order chi connectivity index (χ1) is 5.86. The second-order valence-corrected chi connectivity index (χ2v) is 2.23. The van der Waals surface area contributed by atoms with Crippen molar-refractivity contribution in [3.63, 3.8) is 0 Å². The Balaban J connectivity index is 2.98. The maximum Gasteiger partial charge on any atom is 0.0912 e. The Hall–Kier alpha value is -1.99. The van der Waals surface area contributed by atoms with Gasteiger partial charge in [-0.05, 0) is 23.8 Å². The molecule has 1 rings (SSSR count). The van der Waals surface area contributed by atoms with Gasteiger partial charge in [0.2, 0.25) is 0 Å². The molecule has 0 saturated heterocycles. The summed E-state index contributed by atoms with van der Waals surface area (Å²) in [7, 11) is 0. The van der Waals surface area contributed by atoms with Crippen LogP contribution in [0.2, 0.25) is 0 Å². The second-order valence-electron chi connectivity index (χ2n) is 2.23. The molecule has 56 valence electrons. The molecule has 0 saturated carbocycles. The minimum Gasteiger partial charge on any atom is -0.193 e. The Kier molecular flexibility index (Phi) is 2.71. The van der Waals surface area contributed by atoms with E-state index in [-0.39, 0.29) is 0 Å². The van der Waals surface area contributed by atoms with Crippen LogP contribution in [0.15, 0.2) is 30.3 Å². The van der Waals surface area contributed by atoms with Crippen LogP contribution in [-0.4, -0.2) is 0 Å². The van der Waals surface area contributed by atoms with E-state index in [1.807, 2.05) is 30.3 Å². The molecule has 1 aromatic rings. The molecule has 12 heavy (non-hydrogen) atoms. The molecule has 0 amide bonds. The Bertz CT molecular complexity index is 375. The maximum absolute atomic E-state index is 8.28. The van der Waals surface area contributed by atoms with Gasteiger partial charge in [0.15, 0.2) is 0 Å². The fourth-order valence-corrected chi connectivity index (χ4v) is 0.866. The van der Waals surface area contributed by atoms with Gasteiger partial charge in [0.05, 0.1) is 6.07 Å². The lowest BCUT2D eigenvalue weighted by molar-refractivity contribution is 1.53. The molecule has 0 aliphatic heterocycles. The highest BCUT2D eigenvalue weighted by atomic mass is 14.2. The smallest absolute Gasteiger partial charge is 0.0912 e. The highest BCUT2D eigenvalue weighted by Crippen LogP contribution is 2.05. The molecule has 0 aliphatic carbocycles. The first-order valence-corrected chi connectivity index (χ1v) is 3.49. The van der Waals surface area contributed by atoms with Crippen molar-refractivity contribution in [2.45, 2.75) is 0 Å². The van der Waals surface area contributed by atoms with Gasteiger partial charge in [0.25, 0.3) is 0 Å². The van der Waals surface area contributed by atoms with E-state index in [9.17, 15) is 0 Å². The third kappa shape index (κ3) is 2.01. The molecule has 1 nitrogen and oxygen atoms in total. The van der Waals surface area contributed by atoms with Crippen molar-refractivity contribution in [1.29, 1.82) is 5.26 Å². The van der Waals surface area contributed by atoms with Crippen LogP contribution in [-0.2, 0) is 0 Å². The second kappa shape index (κ2) is 4.01. The van der Waals surface area contributed by atoms with Gasteiger partial charge in [-0.25, -0.2) is 0 Å². The summed E-state index contributed by atoms with van der Waals surface area (Å²) in [6.07, 6.45) is 8.36. The van der Waals surface area contributed by atoms with Crippen LogP contribution < -0.4 is 0 Å². The van der Waals surface area contributed by atoms with Crippen molar-refractivity contribution >= 4 is 6.08 Å². The van der Waals surface area contributed by atoms with Gasteiger partial charge in [-0.15, -0.1) is 6.42 Å². The van der Waals surface area contributed by atoms with Crippen LogP contribution in [0.5, 0.6) is 0 Å². The Morgan fingerprint density at radius 2 is 2.25 bits per heavy atom. The van der Waals surface area contributed by atoms with E-state index in [4.69, 9.17) is 11.7 Å². The Morgan fingerprint density at radius 1 is 1.42 bits per heavy atom. The summed E-state index contributed by atoms with van der Waals surface area (Å²) in [5.74, 6) is 2.53. The highest BCUT2D eigenvalue weighted by molar-refractivity contribution is 5.54. The van der Waals surface area contributed by atoms with Gasteiger partial charge in [-0.2, -0.15) is 5.26 Å². The summed E-state index contributed by atoms with van der Waals surface area (Å²) in [6, 6.07) is 9.39. The van der Waals surface area contributed by atoms with E-state index in [2.05, 4.69) is 5.92 Å². The molecule has 0 bridgehead atoms. The first kappa shape index (κ1) is 8.11. The van der Waals surface area contributed by atoms with E-state index in [1.54, 1.807) is 6.08 Å². The van der Waals surface area contributed by atoms with Gasteiger partial charge in [0, 0.05) is 11.6 Å². The van der Waals surface area contributed by atoms with Crippen molar-refractivity contribution in [2.24, 2.45) is 0 Å². The molecule has 1 aromatic carbocycles. The molecule has 0 fully saturated rings. The molecule has 0 spiro atoms. The number of hydrogen-bond donors (Lipinski definition) is 0. The van der Waals surface area contributed by atoms with Gasteiger partial charge in [-0.1, -0.05) is 18.1 Å². The zero-order valence-corrected chi connectivity index (χ0v) is 6.49. The van der Waals surface area contributed by atoms with Gasteiger partial charge >= 0.3 is 0 Å². The van der Waals surface area contributed by atoms with Crippen LogP contribution in [0.3, 0.4) is 0 Å². The predicted molar refractivity (Wildman–Crippen MR) is 49.0 cm³/mol. The van der Waals surface area contributed by atoms with Crippen molar-refractivity contribution in [2.75, 3.05) is 0 Å². The molecule has 1 heteroatoms. The van der Waals surface area contributed by atoms with Crippen LogP contribution in [0, 0.1) is 23.7 Å². The average molecular weight is 153 g/mol. The lowest BCUT2D eigenvalue weighted by Crippen LogP contribution is -1.75. The number of allylic oxidation sites excluding steroid dienone is 1. The van der Waals surface area contributed by atoms with E-state index < -0.39 is 0 Å². The van der Waals surface area contributed by atoms with Crippen LogP contribution in [0.1, 0.15) is 11.1 Å². The summed E-state index contributed by atoms with van der Waals surface area (Å²) in [4.78, 5) is 0. The summed E-state index contributed by atoms with van der Waals surface area (Å²) >= 11 is 0. The van der Waals surface area contributed by atoms with Gasteiger partial charge in [-0.3, -0.25) is 0 Å². The standard InChI is InChI=1S/C11H7N/c1-2-10-5-3-6-11(9-10)7-4-8-12/h1,3-7,9H. The van der Waals surface area contributed by atoms with Crippen molar-refractivity contribution in [3.05, 3.63) is 41.5 Å². The lowest BCUT2D eigenvalue weighted by Gasteiger charge is -1.92. The molecule has 0 N–H and O–H groups in total. The SMILES string of the molecule is C#Cc1cccc(C=CC#N)c1. The third-order valence-corrected chi connectivity index (χ3v) is 1.40. The average Bonchev–Trinajstić information content (AvgIpc) is 2.15. The van der Waals surface area contributed by atoms with E-state index in [0.29, 0.717) is 0 Å². The van der Waals surface area contributed by atoms with Crippen molar-refractivity contribution in [3.8, 4) is 18.4 Å². The molecule has 0 aliphatic rings. The van der Waals surface area contributed by atoms with Crippen LogP contribution in [0.25, 0.3) is 6.08 Å². The molecule has 0 atom stereocenters. The zero-order chi connectivity index (χ0) is 8.81. The van der Waals surface area contributed by atoms with Crippen molar-refractivity contribution < 1.29 is 0 Å². The minimum atomic E-state index is 0.829. The summed E-state index contributed by atoms with van der Waals surface area (Å²) in [5, 5.41) is 8.28. The number of nitriles is 1. The largest absolute Gasteiger partial charge is 0.193 e. The monoisotopic (exact) mass is 153 g/mol. The number of hydrogen-bond acceptors (Lipinski definition) is 1. The Morgan fingerprint density at radius 3 is 2.92 bits per heavy atom. The Labute approximate surface area is 72.0 Å². The summed E-state index contributed by atoms with van der Waals surface area (Å²) < 4.78 is 0. The third-order valence-electron chi connectivity index (χ3n) is 1.40. The molecular weight excluding hydrogens is 146 g/mol. The lowest BCUT2D eigenvalue weighted by atomic mass is 10.1. The topological polar surface area (TPSA) is 23.8 Å². The van der Waals surface area contributed by atoms with Gasteiger partial charge in [0.1, 0.15) is 0 Å². The fourth-order valence-electron chi connectivity index (χ4n) is 0.866. The minimum absolute atomic E-state index is 0.829. The summed E-state index contributed by atoms with van der Waals surface area (Å²) in [5.41, 5.74) is 1.78. The normalized spacial score (nSPS) is 9.17. The maximum atomic E-state index is 8.28. The van der Waals surface area contributed by atoms with Crippen molar-refractivity contribution in [1.82, 2.24) is 0 Å². The number of terminal acetylenes is 1. The van der Waals surface area contributed by atoms with E-state index in [1.165, 1.54) is 6.08 Å². The number of rotatable bonds is 1. The highest BCUT2D eigenvalue weighted by Gasteiger charge is 1.87. The molecule has 0 unspecified atom stereocenters. The summed E-state index contributed by atoms with van der Waals surface area (Å²) in [6.45, 7) is 0. The molecule has 0 aromatic heterocycles. The van der Waals surface area contributed by atoms with E-state index in [0.717, 1.165) is 11.1 Å². The molecule has 0 heterocycles. The molecular formula is C11H7N. The quantitative estimate of drug-likeness (QED) is 0.448. The van der Waals surface area contributed by atoms with Crippen LogP contribution in [0.4, 0.5) is 0 Å². The zero-order valence-electron chi connectivity index (χ0n) is 6.49. The van der Waals surface area contributed by atoms with Gasteiger partial charge < -0.3 is 0 Å². The molecule has 0 radical (unpaired) electrons. The number of benzene rings is 1.